The lowest BCUT2D eigenvalue weighted by molar-refractivity contribution is 0.0302. The van der Waals surface area contributed by atoms with E-state index in [2.05, 4.69) is 21.1 Å². The Hall–Kier alpha value is -4.04. The lowest BCUT2D eigenvalue weighted by Crippen LogP contribution is -2.43. The van der Waals surface area contributed by atoms with E-state index in [0.29, 0.717) is 59.7 Å². The van der Waals surface area contributed by atoms with E-state index < -0.39 is 12.0 Å². The molecule has 2 bridgehead atoms. The summed E-state index contributed by atoms with van der Waals surface area (Å²) in [5, 5.41) is 5.28. The van der Waals surface area contributed by atoms with Crippen LogP contribution in [-0.2, 0) is 9.47 Å². The number of nitrogens with one attached hydrogen (secondary N) is 1. The van der Waals surface area contributed by atoms with Gasteiger partial charge < -0.3 is 29.2 Å². The van der Waals surface area contributed by atoms with Crippen molar-refractivity contribution in [2.24, 2.45) is 5.92 Å². The summed E-state index contributed by atoms with van der Waals surface area (Å²) < 4.78 is 54.6. The summed E-state index contributed by atoms with van der Waals surface area (Å²) in [6.07, 6.45) is 9.28. The minimum absolute atomic E-state index is 0.0126. The summed E-state index contributed by atoms with van der Waals surface area (Å²) in [5.41, 5.74) is 1.70. The lowest BCUT2D eigenvalue weighted by Gasteiger charge is -2.33. The summed E-state index contributed by atoms with van der Waals surface area (Å²) >= 11 is 0. The normalized spacial score (nSPS) is 23.2. The maximum Gasteiger partial charge on any atom is 0.319 e. The molecular weight excluding hydrogens is 590 g/mol. The Labute approximate surface area is 267 Å². The van der Waals surface area contributed by atoms with Crippen LogP contribution in [0.25, 0.3) is 32.8 Å². The van der Waals surface area contributed by atoms with E-state index in [-0.39, 0.29) is 43.1 Å². The summed E-state index contributed by atoms with van der Waals surface area (Å²) in [7, 11) is 1.54. The molecule has 0 radical (unpaired) electrons. The molecule has 4 heterocycles. The first-order valence-corrected chi connectivity index (χ1v) is 16.0. The van der Waals surface area contributed by atoms with Gasteiger partial charge in [0.1, 0.15) is 23.3 Å². The first-order valence-electron chi connectivity index (χ1n) is 16.0. The number of methoxy groups -OCH3 is 1. The van der Waals surface area contributed by atoms with E-state index in [1.807, 2.05) is 30.3 Å². The van der Waals surface area contributed by atoms with Crippen molar-refractivity contribution in [3.8, 4) is 35.2 Å². The van der Waals surface area contributed by atoms with Crippen molar-refractivity contribution in [2.45, 2.75) is 50.5 Å². The SMILES string of the molecule is C#Cc1cccc2cc(OCOC)cc(-c3ccc4c(N5CC6CCC(C5)O6)nc(OC[C@@H]5CCCNC[C@H](F)C5)nc4c3F)c12. The van der Waals surface area contributed by atoms with Crippen LogP contribution in [0, 0.1) is 24.1 Å². The fraction of sp³-hybridized carbons (Fsp3) is 0.444. The number of fused-ring (bicyclic) bond motifs is 4. The van der Waals surface area contributed by atoms with Crippen molar-refractivity contribution in [1.82, 2.24) is 15.3 Å². The molecule has 4 aromatic rings. The van der Waals surface area contributed by atoms with E-state index in [1.165, 1.54) is 0 Å². The van der Waals surface area contributed by atoms with Crippen LogP contribution in [0.3, 0.4) is 0 Å². The van der Waals surface area contributed by atoms with E-state index >= 15 is 4.39 Å². The zero-order chi connectivity index (χ0) is 31.6. The number of halogens is 2. The molecule has 10 heteroatoms. The molecule has 0 spiro atoms. The molecule has 1 aromatic heterocycles. The van der Waals surface area contributed by atoms with Crippen LogP contribution >= 0.6 is 0 Å². The Bertz CT molecular complexity index is 1770. The molecule has 3 aromatic carbocycles. The zero-order valence-corrected chi connectivity index (χ0v) is 25.9. The number of ether oxygens (including phenoxy) is 4. The van der Waals surface area contributed by atoms with E-state index in [4.69, 9.17) is 30.4 Å². The molecule has 3 aliphatic rings. The molecule has 3 aliphatic heterocycles. The molecule has 7 rings (SSSR count). The fourth-order valence-electron chi connectivity index (χ4n) is 7.05. The van der Waals surface area contributed by atoms with Gasteiger partial charge >= 0.3 is 6.01 Å². The standard InChI is InChI=1S/C36H38F2N4O4/c1-3-23-7-4-8-24-15-28(45-21-43-2)16-31(32(23)24)29-11-12-30-34(33(29)38)40-36(44-20-22-6-5-13-39-17-25(37)14-22)41-35(30)42-18-26-9-10-27(19-42)46-26/h1,4,7-8,11-12,15-16,22,25-27,39H,5-6,9-10,13-14,17-21H2,2H3/t22-,25-,26?,27?/m1/s1. The Kier molecular flexibility index (Phi) is 8.89. The van der Waals surface area contributed by atoms with E-state index in [1.54, 1.807) is 19.2 Å². The molecular formula is C36H38F2N4O4. The third kappa shape index (κ3) is 6.19. The van der Waals surface area contributed by atoms with E-state index in [9.17, 15) is 4.39 Å². The predicted octanol–water partition coefficient (Wildman–Crippen LogP) is 6.03. The van der Waals surface area contributed by atoms with Gasteiger partial charge in [0.2, 0.25) is 0 Å². The molecule has 8 nitrogen and oxygen atoms in total. The van der Waals surface area contributed by atoms with Crippen LogP contribution in [0.15, 0.2) is 42.5 Å². The molecule has 240 valence electrons. The van der Waals surface area contributed by atoms with Crippen molar-refractivity contribution in [3.05, 3.63) is 53.8 Å². The van der Waals surface area contributed by atoms with Crippen molar-refractivity contribution >= 4 is 27.5 Å². The number of alkyl halides is 1. The number of morpholine rings is 1. The number of aromatic nitrogens is 2. The largest absolute Gasteiger partial charge is 0.468 e. The van der Waals surface area contributed by atoms with Gasteiger partial charge in [-0.1, -0.05) is 24.1 Å². The van der Waals surface area contributed by atoms with Gasteiger partial charge in [0, 0.05) is 48.6 Å². The number of benzene rings is 3. The van der Waals surface area contributed by atoms with Gasteiger partial charge in [-0.25, -0.2) is 8.78 Å². The second kappa shape index (κ2) is 13.4. The number of terminal acetylenes is 1. The minimum atomic E-state index is -0.947. The average molecular weight is 629 g/mol. The van der Waals surface area contributed by atoms with Crippen molar-refractivity contribution < 1.29 is 27.7 Å². The summed E-state index contributed by atoms with van der Waals surface area (Å²) in [6, 6.07) is 13.0. The molecule has 0 saturated carbocycles. The summed E-state index contributed by atoms with van der Waals surface area (Å²) in [6.45, 7) is 2.72. The van der Waals surface area contributed by atoms with Crippen LogP contribution < -0.4 is 19.7 Å². The van der Waals surface area contributed by atoms with E-state index in [0.717, 1.165) is 43.0 Å². The van der Waals surface area contributed by atoms with Gasteiger partial charge in [-0.05, 0) is 79.8 Å². The maximum atomic E-state index is 17.0. The molecule has 3 saturated heterocycles. The van der Waals surface area contributed by atoms with Gasteiger partial charge in [0.15, 0.2) is 12.6 Å². The smallest absolute Gasteiger partial charge is 0.319 e. The minimum Gasteiger partial charge on any atom is -0.468 e. The third-order valence-corrected chi connectivity index (χ3v) is 9.22. The molecule has 2 unspecified atom stereocenters. The highest BCUT2D eigenvalue weighted by Gasteiger charge is 2.35. The van der Waals surface area contributed by atoms with Crippen LogP contribution in [0.4, 0.5) is 14.6 Å². The van der Waals surface area contributed by atoms with Crippen LogP contribution in [0.5, 0.6) is 11.8 Å². The molecule has 4 atom stereocenters. The first kappa shape index (κ1) is 30.6. The Morgan fingerprint density at radius 3 is 2.72 bits per heavy atom. The maximum absolute atomic E-state index is 17.0. The second-order valence-corrected chi connectivity index (χ2v) is 12.4. The van der Waals surface area contributed by atoms with Gasteiger partial charge in [0.25, 0.3) is 0 Å². The number of rotatable bonds is 8. The highest BCUT2D eigenvalue weighted by Crippen LogP contribution is 2.40. The second-order valence-electron chi connectivity index (χ2n) is 12.4. The highest BCUT2D eigenvalue weighted by molar-refractivity contribution is 6.04. The Morgan fingerprint density at radius 2 is 1.91 bits per heavy atom. The Morgan fingerprint density at radius 1 is 1.07 bits per heavy atom. The van der Waals surface area contributed by atoms with Gasteiger partial charge in [0.05, 0.1) is 18.8 Å². The number of hydrogen-bond acceptors (Lipinski definition) is 8. The Balaban J connectivity index is 1.34. The van der Waals surface area contributed by atoms with Crippen molar-refractivity contribution in [2.75, 3.05) is 51.6 Å². The van der Waals surface area contributed by atoms with Crippen LogP contribution in [0.1, 0.15) is 37.7 Å². The number of anilines is 1. The monoisotopic (exact) mass is 628 g/mol. The van der Waals surface area contributed by atoms with Gasteiger partial charge in [-0.2, -0.15) is 9.97 Å². The van der Waals surface area contributed by atoms with Crippen molar-refractivity contribution in [1.29, 1.82) is 0 Å². The highest BCUT2D eigenvalue weighted by atomic mass is 19.1. The first-order chi connectivity index (χ1) is 22.5. The van der Waals surface area contributed by atoms with Crippen molar-refractivity contribution in [3.63, 3.8) is 0 Å². The van der Waals surface area contributed by atoms with Crippen LogP contribution in [-0.4, -0.2) is 75.0 Å². The van der Waals surface area contributed by atoms with Gasteiger partial charge in [-0.3, -0.25) is 0 Å². The molecule has 0 amide bonds. The number of nitrogens with zero attached hydrogens (tertiary/aromatic N) is 3. The quantitative estimate of drug-likeness (QED) is 0.187. The molecule has 0 aliphatic carbocycles. The molecule has 46 heavy (non-hydrogen) atoms. The lowest BCUT2D eigenvalue weighted by atomic mass is 9.93. The third-order valence-electron chi connectivity index (χ3n) is 9.22. The number of hydrogen-bond donors (Lipinski definition) is 1. The summed E-state index contributed by atoms with van der Waals surface area (Å²) in [5.74, 6) is 3.39. The molecule has 3 fully saturated rings. The van der Waals surface area contributed by atoms with Gasteiger partial charge in [-0.15, -0.1) is 6.42 Å². The topological polar surface area (TPSA) is 78.0 Å². The average Bonchev–Trinajstić information content (AvgIpc) is 3.40. The summed E-state index contributed by atoms with van der Waals surface area (Å²) in [4.78, 5) is 11.6. The van der Waals surface area contributed by atoms with Crippen LogP contribution in [0.2, 0.25) is 0 Å². The molecule has 1 N–H and O–H groups in total. The zero-order valence-electron chi connectivity index (χ0n) is 25.9. The predicted molar refractivity (Wildman–Crippen MR) is 174 cm³/mol. The fourth-order valence-corrected chi connectivity index (χ4v) is 7.05.